The van der Waals surface area contributed by atoms with E-state index >= 15 is 0 Å². The molecule has 2 amide bonds. The second kappa shape index (κ2) is 8.20. The summed E-state index contributed by atoms with van der Waals surface area (Å²) in [6.45, 7) is 2.42. The molecule has 0 N–H and O–H groups in total. The second-order valence-electron chi connectivity index (χ2n) is 10.5. The van der Waals surface area contributed by atoms with E-state index in [1.165, 1.54) is 57.8 Å². The smallest absolute Gasteiger partial charge is 0.254 e. The molecule has 5 aliphatic rings. The maximum atomic E-state index is 13.1. The van der Waals surface area contributed by atoms with Crippen molar-refractivity contribution in [3.8, 4) is 0 Å². The molecule has 5 nitrogen and oxygen atoms in total. The molecule has 2 heterocycles. The predicted octanol–water partition coefficient (Wildman–Crippen LogP) is 3.90. The minimum Gasteiger partial charge on any atom is -0.366 e. The summed E-state index contributed by atoms with van der Waals surface area (Å²) >= 11 is 0. The fourth-order valence-electron chi connectivity index (χ4n) is 6.55. The molecule has 0 bridgehead atoms. The first-order chi connectivity index (χ1) is 14.2. The predicted molar refractivity (Wildman–Crippen MR) is 111 cm³/mol. The molecule has 3 aliphatic carbocycles. The quantitative estimate of drug-likeness (QED) is 0.633. The monoisotopic (exact) mass is 402 g/mol. The van der Waals surface area contributed by atoms with E-state index in [9.17, 15) is 9.59 Å². The van der Waals surface area contributed by atoms with Crippen molar-refractivity contribution in [3.63, 3.8) is 0 Å². The molecule has 0 aromatic rings. The number of piperidine rings is 1. The van der Waals surface area contributed by atoms with Crippen LogP contribution in [0.3, 0.4) is 0 Å². The highest BCUT2D eigenvalue weighted by atomic mass is 16.5. The van der Waals surface area contributed by atoms with Crippen LogP contribution in [0.25, 0.3) is 0 Å². The van der Waals surface area contributed by atoms with E-state index in [-0.39, 0.29) is 17.6 Å². The van der Waals surface area contributed by atoms with Crippen molar-refractivity contribution >= 4 is 11.8 Å². The van der Waals surface area contributed by atoms with Gasteiger partial charge in [0, 0.05) is 25.6 Å². The van der Waals surface area contributed by atoms with Crippen molar-refractivity contribution in [2.45, 2.75) is 108 Å². The Morgan fingerprint density at radius 1 is 0.897 bits per heavy atom. The summed E-state index contributed by atoms with van der Waals surface area (Å²) in [5, 5.41) is 0. The van der Waals surface area contributed by atoms with Gasteiger partial charge in [0.25, 0.3) is 5.91 Å². The Balaban J connectivity index is 1.19. The highest BCUT2D eigenvalue weighted by Crippen LogP contribution is 2.48. The van der Waals surface area contributed by atoms with Gasteiger partial charge in [0.2, 0.25) is 5.91 Å². The van der Waals surface area contributed by atoms with Crippen LogP contribution in [-0.4, -0.2) is 59.0 Å². The van der Waals surface area contributed by atoms with Gasteiger partial charge >= 0.3 is 0 Å². The fraction of sp³-hybridized carbons (Fsp3) is 0.917. The zero-order valence-corrected chi connectivity index (χ0v) is 17.9. The Kier molecular flexibility index (Phi) is 5.61. The molecule has 1 atom stereocenters. The van der Waals surface area contributed by atoms with E-state index < -0.39 is 0 Å². The largest absolute Gasteiger partial charge is 0.366 e. The summed E-state index contributed by atoms with van der Waals surface area (Å²) in [6, 6.07) is 0.303. The first-order valence-corrected chi connectivity index (χ1v) is 12.4. The van der Waals surface area contributed by atoms with Crippen molar-refractivity contribution < 1.29 is 14.3 Å². The lowest BCUT2D eigenvalue weighted by molar-refractivity contribution is -0.211. The number of likely N-dealkylation sites (tertiary alicyclic amines) is 2. The minimum absolute atomic E-state index is 0.0368. The topological polar surface area (TPSA) is 49.9 Å². The average molecular weight is 403 g/mol. The molecule has 1 spiro atoms. The number of carbonyl (C=O) groups is 2. The van der Waals surface area contributed by atoms with E-state index in [4.69, 9.17) is 4.74 Å². The normalized spacial score (nSPS) is 30.8. The van der Waals surface area contributed by atoms with Gasteiger partial charge in [-0.1, -0.05) is 32.1 Å². The number of β-lactam (4-membered cyclic amide) rings is 1. The summed E-state index contributed by atoms with van der Waals surface area (Å²) in [4.78, 5) is 30.2. The standard InChI is InChI=1S/C24H38N2O3/c27-21(16-18-6-2-3-7-18)25-14-10-20(11-15-25)26-23(28)22(29-17-19-8-9-19)24(26)12-4-1-5-13-24/h18-20,22H,1-17H2. The summed E-state index contributed by atoms with van der Waals surface area (Å²) < 4.78 is 6.21. The Hall–Kier alpha value is -1.10. The van der Waals surface area contributed by atoms with Gasteiger partial charge in [-0.3, -0.25) is 9.59 Å². The van der Waals surface area contributed by atoms with Crippen LogP contribution in [0.1, 0.15) is 89.9 Å². The maximum absolute atomic E-state index is 13.1. The lowest BCUT2D eigenvalue weighted by Gasteiger charge is -2.62. The molecule has 29 heavy (non-hydrogen) atoms. The lowest BCUT2D eigenvalue weighted by Crippen LogP contribution is -2.78. The molecule has 2 saturated heterocycles. The Labute approximate surface area is 175 Å². The Morgan fingerprint density at radius 2 is 1.59 bits per heavy atom. The second-order valence-corrected chi connectivity index (χ2v) is 10.5. The number of hydrogen-bond donors (Lipinski definition) is 0. The van der Waals surface area contributed by atoms with Crippen molar-refractivity contribution in [1.29, 1.82) is 0 Å². The Bertz CT molecular complexity index is 612. The molecule has 5 fully saturated rings. The zero-order valence-electron chi connectivity index (χ0n) is 17.9. The number of hydrogen-bond acceptors (Lipinski definition) is 3. The molecule has 0 aromatic carbocycles. The van der Waals surface area contributed by atoms with Gasteiger partial charge in [0.15, 0.2) is 6.10 Å². The highest BCUT2D eigenvalue weighted by molar-refractivity contribution is 5.91. The van der Waals surface area contributed by atoms with Crippen molar-refractivity contribution in [1.82, 2.24) is 9.80 Å². The van der Waals surface area contributed by atoms with Crippen LogP contribution < -0.4 is 0 Å². The van der Waals surface area contributed by atoms with E-state index in [0.29, 0.717) is 23.8 Å². The summed E-state index contributed by atoms with van der Waals surface area (Å²) in [6.07, 6.45) is 16.0. The van der Waals surface area contributed by atoms with E-state index in [1.807, 2.05) is 0 Å². The summed E-state index contributed by atoms with van der Waals surface area (Å²) in [7, 11) is 0. The number of amides is 2. The molecule has 5 rings (SSSR count). The van der Waals surface area contributed by atoms with Gasteiger partial charge in [-0.25, -0.2) is 0 Å². The number of rotatable bonds is 6. The molecule has 162 valence electrons. The van der Waals surface area contributed by atoms with Crippen LogP contribution in [0.15, 0.2) is 0 Å². The van der Waals surface area contributed by atoms with Gasteiger partial charge in [0.1, 0.15) is 0 Å². The van der Waals surface area contributed by atoms with Crippen molar-refractivity contribution in [3.05, 3.63) is 0 Å². The molecular formula is C24H38N2O3. The van der Waals surface area contributed by atoms with Crippen LogP contribution >= 0.6 is 0 Å². The third-order valence-corrected chi connectivity index (χ3v) is 8.46. The summed E-state index contributed by atoms with van der Waals surface area (Å²) in [5.41, 5.74) is -0.0368. The molecule has 0 aromatic heterocycles. The first-order valence-electron chi connectivity index (χ1n) is 12.4. The number of carbonyl (C=O) groups excluding carboxylic acids is 2. The van der Waals surface area contributed by atoms with Crippen LogP contribution in [0.2, 0.25) is 0 Å². The summed E-state index contributed by atoms with van der Waals surface area (Å²) in [5.74, 6) is 1.91. The van der Waals surface area contributed by atoms with Gasteiger partial charge < -0.3 is 14.5 Å². The van der Waals surface area contributed by atoms with Crippen molar-refractivity contribution in [2.24, 2.45) is 11.8 Å². The third-order valence-electron chi connectivity index (χ3n) is 8.46. The number of ether oxygens (including phenoxy) is 1. The molecule has 1 unspecified atom stereocenters. The Morgan fingerprint density at radius 3 is 2.24 bits per heavy atom. The fourth-order valence-corrected chi connectivity index (χ4v) is 6.55. The minimum atomic E-state index is -0.189. The van der Waals surface area contributed by atoms with Gasteiger partial charge in [-0.05, 0) is 63.2 Å². The number of nitrogens with zero attached hydrogens (tertiary/aromatic N) is 2. The highest BCUT2D eigenvalue weighted by Gasteiger charge is 2.62. The molecule has 2 aliphatic heterocycles. The third kappa shape index (κ3) is 3.84. The SMILES string of the molecule is O=C(CC1CCCC1)N1CCC(N2C(=O)C(OCC3CC3)C23CCCCC3)CC1. The molecular weight excluding hydrogens is 364 g/mol. The van der Waals surface area contributed by atoms with E-state index in [2.05, 4.69) is 9.80 Å². The van der Waals surface area contributed by atoms with Crippen LogP contribution in [0.4, 0.5) is 0 Å². The zero-order chi connectivity index (χ0) is 19.8. The lowest BCUT2D eigenvalue weighted by atomic mass is 9.68. The van der Waals surface area contributed by atoms with E-state index in [0.717, 1.165) is 51.8 Å². The van der Waals surface area contributed by atoms with Crippen molar-refractivity contribution in [2.75, 3.05) is 19.7 Å². The van der Waals surface area contributed by atoms with E-state index in [1.54, 1.807) is 0 Å². The van der Waals surface area contributed by atoms with Gasteiger partial charge in [-0.2, -0.15) is 0 Å². The van der Waals surface area contributed by atoms with Crippen LogP contribution in [0.5, 0.6) is 0 Å². The maximum Gasteiger partial charge on any atom is 0.254 e. The van der Waals surface area contributed by atoms with Gasteiger partial charge in [0.05, 0.1) is 12.1 Å². The first kappa shape index (κ1) is 19.8. The van der Waals surface area contributed by atoms with Crippen LogP contribution in [0, 0.1) is 11.8 Å². The molecule has 0 radical (unpaired) electrons. The van der Waals surface area contributed by atoms with Gasteiger partial charge in [-0.15, -0.1) is 0 Å². The average Bonchev–Trinajstić information content (AvgIpc) is 3.43. The van der Waals surface area contributed by atoms with Crippen LogP contribution in [-0.2, 0) is 14.3 Å². The molecule has 3 saturated carbocycles. The molecule has 5 heteroatoms.